The maximum Gasteiger partial charge on any atom is 0.125 e. The molecule has 2 atom stereocenters. The molecule has 1 aromatic carbocycles. The molecule has 64 valence electrons. The van der Waals surface area contributed by atoms with E-state index < -0.39 is 12.2 Å². The number of benzene rings is 1. The predicted molar refractivity (Wildman–Crippen MR) is 42.9 cm³/mol. The van der Waals surface area contributed by atoms with Gasteiger partial charge in [-0.3, -0.25) is 0 Å². The standard InChI is InChI=1S/C9H10O3/c10-7-5-12-8-4-2-1-3-6(8)9(7)11/h1-4,7,9-11H,5H2/t7-,9-/m1/s1. The van der Waals surface area contributed by atoms with Gasteiger partial charge in [0.25, 0.3) is 0 Å². The van der Waals surface area contributed by atoms with Gasteiger partial charge in [0.1, 0.15) is 24.6 Å². The summed E-state index contributed by atoms with van der Waals surface area (Å²) in [4.78, 5) is 0. The molecule has 12 heavy (non-hydrogen) atoms. The van der Waals surface area contributed by atoms with Crippen molar-refractivity contribution < 1.29 is 14.9 Å². The normalized spacial score (nSPS) is 27.5. The van der Waals surface area contributed by atoms with Crippen LogP contribution in [0.3, 0.4) is 0 Å². The minimum atomic E-state index is -0.810. The first-order chi connectivity index (χ1) is 5.79. The van der Waals surface area contributed by atoms with Gasteiger partial charge >= 0.3 is 0 Å². The second-order valence-corrected chi connectivity index (χ2v) is 2.86. The Morgan fingerprint density at radius 2 is 2.00 bits per heavy atom. The third-order valence-corrected chi connectivity index (χ3v) is 2.01. The highest BCUT2D eigenvalue weighted by Crippen LogP contribution is 2.31. The Bertz CT molecular complexity index is 285. The molecule has 0 saturated carbocycles. The van der Waals surface area contributed by atoms with Gasteiger partial charge in [-0.2, -0.15) is 0 Å². The Morgan fingerprint density at radius 1 is 1.25 bits per heavy atom. The Morgan fingerprint density at radius 3 is 2.83 bits per heavy atom. The second kappa shape index (κ2) is 2.77. The van der Waals surface area contributed by atoms with Gasteiger partial charge in [-0.15, -0.1) is 0 Å². The summed E-state index contributed by atoms with van der Waals surface area (Å²) in [6.07, 6.45) is -1.62. The second-order valence-electron chi connectivity index (χ2n) is 2.86. The molecule has 1 aliphatic rings. The van der Waals surface area contributed by atoms with Crippen molar-refractivity contribution >= 4 is 0 Å². The SMILES string of the molecule is O[C@@H]1COc2ccccc2[C@H]1O. The van der Waals surface area contributed by atoms with Gasteiger partial charge in [0, 0.05) is 5.56 Å². The van der Waals surface area contributed by atoms with Crippen LogP contribution in [-0.2, 0) is 0 Å². The molecule has 0 aromatic heterocycles. The number of ether oxygens (including phenoxy) is 1. The maximum atomic E-state index is 9.50. The van der Waals surface area contributed by atoms with Crippen molar-refractivity contribution in [3.8, 4) is 5.75 Å². The van der Waals surface area contributed by atoms with Gasteiger partial charge < -0.3 is 14.9 Å². The quantitative estimate of drug-likeness (QED) is 0.589. The molecule has 0 bridgehead atoms. The van der Waals surface area contributed by atoms with Crippen LogP contribution in [0.4, 0.5) is 0 Å². The summed E-state index contributed by atoms with van der Waals surface area (Å²) in [6, 6.07) is 7.18. The highest BCUT2D eigenvalue weighted by atomic mass is 16.5. The van der Waals surface area contributed by atoms with Gasteiger partial charge in [0.05, 0.1) is 0 Å². The van der Waals surface area contributed by atoms with E-state index in [1.54, 1.807) is 12.1 Å². The molecule has 3 heteroatoms. The van der Waals surface area contributed by atoms with Crippen molar-refractivity contribution in [2.75, 3.05) is 6.61 Å². The number of hydrogen-bond donors (Lipinski definition) is 2. The average Bonchev–Trinajstić information content (AvgIpc) is 2.12. The summed E-state index contributed by atoms with van der Waals surface area (Å²) in [6.45, 7) is 0.165. The highest BCUT2D eigenvalue weighted by molar-refractivity contribution is 5.37. The van der Waals surface area contributed by atoms with Crippen LogP contribution in [-0.4, -0.2) is 22.9 Å². The van der Waals surface area contributed by atoms with Gasteiger partial charge in [0.2, 0.25) is 0 Å². The summed E-state index contributed by atoms with van der Waals surface area (Å²) in [5.74, 6) is 0.662. The zero-order chi connectivity index (χ0) is 8.55. The van der Waals surface area contributed by atoms with Crippen LogP contribution < -0.4 is 4.74 Å². The van der Waals surface area contributed by atoms with Crippen molar-refractivity contribution in [1.29, 1.82) is 0 Å². The molecule has 0 spiro atoms. The molecule has 1 heterocycles. The molecule has 0 fully saturated rings. The van der Waals surface area contributed by atoms with E-state index in [0.717, 1.165) is 0 Å². The molecule has 0 amide bonds. The van der Waals surface area contributed by atoms with Crippen LogP contribution in [0, 0.1) is 0 Å². The van der Waals surface area contributed by atoms with Crippen molar-refractivity contribution in [1.82, 2.24) is 0 Å². The summed E-state index contributed by atoms with van der Waals surface area (Å²) in [5.41, 5.74) is 0.663. The van der Waals surface area contributed by atoms with E-state index in [1.807, 2.05) is 12.1 Å². The van der Waals surface area contributed by atoms with Crippen molar-refractivity contribution in [3.63, 3.8) is 0 Å². The lowest BCUT2D eigenvalue weighted by molar-refractivity contribution is -0.0255. The van der Waals surface area contributed by atoms with Crippen molar-refractivity contribution in [3.05, 3.63) is 29.8 Å². The van der Waals surface area contributed by atoms with Gasteiger partial charge in [-0.05, 0) is 6.07 Å². The molecule has 0 radical (unpaired) electrons. The Balaban J connectivity index is 2.42. The topological polar surface area (TPSA) is 49.7 Å². The van der Waals surface area contributed by atoms with E-state index in [-0.39, 0.29) is 6.61 Å². The number of fused-ring (bicyclic) bond motifs is 1. The molecule has 0 aliphatic carbocycles. The summed E-state index contributed by atoms with van der Waals surface area (Å²) < 4.78 is 5.20. The van der Waals surface area contributed by atoms with Crippen LogP contribution in [0.15, 0.2) is 24.3 Å². The van der Waals surface area contributed by atoms with Crippen LogP contribution in [0.2, 0.25) is 0 Å². The largest absolute Gasteiger partial charge is 0.490 e. The van der Waals surface area contributed by atoms with E-state index in [9.17, 15) is 10.2 Å². The average molecular weight is 166 g/mol. The highest BCUT2D eigenvalue weighted by Gasteiger charge is 2.26. The molecule has 0 saturated heterocycles. The Hall–Kier alpha value is -1.06. The fourth-order valence-electron chi connectivity index (χ4n) is 1.33. The molecule has 0 unspecified atom stereocenters. The van der Waals surface area contributed by atoms with E-state index in [2.05, 4.69) is 0 Å². The summed E-state index contributed by atoms with van der Waals surface area (Å²) in [7, 11) is 0. The minimum Gasteiger partial charge on any atom is -0.490 e. The molecular weight excluding hydrogens is 156 g/mol. The fourth-order valence-corrected chi connectivity index (χ4v) is 1.33. The zero-order valence-corrected chi connectivity index (χ0v) is 6.47. The van der Waals surface area contributed by atoms with Crippen molar-refractivity contribution in [2.45, 2.75) is 12.2 Å². The first kappa shape index (κ1) is 7.58. The van der Waals surface area contributed by atoms with Crippen LogP contribution in [0.25, 0.3) is 0 Å². The van der Waals surface area contributed by atoms with Gasteiger partial charge in [-0.1, -0.05) is 18.2 Å². The number of hydrogen-bond acceptors (Lipinski definition) is 3. The molecule has 2 N–H and O–H groups in total. The number of aliphatic hydroxyl groups excluding tert-OH is 2. The monoisotopic (exact) mass is 166 g/mol. The zero-order valence-electron chi connectivity index (χ0n) is 6.47. The molecular formula is C9H10O3. The number of para-hydroxylation sites is 1. The first-order valence-electron chi connectivity index (χ1n) is 3.87. The molecule has 3 nitrogen and oxygen atoms in total. The molecule has 2 rings (SSSR count). The minimum absolute atomic E-state index is 0.165. The van der Waals surface area contributed by atoms with Crippen LogP contribution >= 0.6 is 0 Å². The lowest BCUT2D eigenvalue weighted by Crippen LogP contribution is -2.30. The van der Waals surface area contributed by atoms with E-state index in [0.29, 0.717) is 11.3 Å². The molecule has 1 aliphatic heterocycles. The number of rotatable bonds is 0. The smallest absolute Gasteiger partial charge is 0.125 e. The summed E-state index contributed by atoms with van der Waals surface area (Å²) in [5, 5.41) is 18.7. The van der Waals surface area contributed by atoms with Gasteiger partial charge in [-0.25, -0.2) is 0 Å². The summed E-state index contributed by atoms with van der Waals surface area (Å²) >= 11 is 0. The van der Waals surface area contributed by atoms with E-state index in [1.165, 1.54) is 0 Å². The van der Waals surface area contributed by atoms with E-state index in [4.69, 9.17) is 4.74 Å². The lowest BCUT2D eigenvalue weighted by Gasteiger charge is -2.26. The Kier molecular flexibility index (Phi) is 1.75. The van der Waals surface area contributed by atoms with Gasteiger partial charge in [0.15, 0.2) is 0 Å². The number of aliphatic hydroxyl groups is 2. The van der Waals surface area contributed by atoms with E-state index >= 15 is 0 Å². The molecule has 1 aromatic rings. The van der Waals surface area contributed by atoms with Crippen LogP contribution in [0.1, 0.15) is 11.7 Å². The first-order valence-corrected chi connectivity index (χ1v) is 3.87. The maximum absolute atomic E-state index is 9.50. The Labute approximate surface area is 70.2 Å². The predicted octanol–water partition coefficient (Wildman–Crippen LogP) is 0.473. The third-order valence-electron chi connectivity index (χ3n) is 2.01. The lowest BCUT2D eigenvalue weighted by atomic mass is 10.0. The van der Waals surface area contributed by atoms with Crippen LogP contribution in [0.5, 0.6) is 5.75 Å². The fraction of sp³-hybridized carbons (Fsp3) is 0.333. The third kappa shape index (κ3) is 1.07. The van der Waals surface area contributed by atoms with Crippen molar-refractivity contribution in [2.24, 2.45) is 0 Å².